The lowest BCUT2D eigenvalue weighted by molar-refractivity contribution is -0.384. The number of amides is 1. The van der Waals surface area contributed by atoms with Crippen LogP contribution < -0.4 is 4.80 Å². The predicted molar refractivity (Wildman–Crippen MR) is 102 cm³/mol. The molecule has 130 valence electrons. The molecule has 1 heterocycles. The van der Waals surface area contributed by atoms with Gasteiger partial charge in [-0.25, -0.2) is 0 Å². The van der Waals surface area contributed by atoms with Crippen LogP contribution in [0.1, 0.15) is 10.4 Å². The molecule has 26 heavy (non-hydrogen) atoms. The van der Waals surface area contributed by atoms with Gasteiger partial charge in [-0.05, 0) is 24.3 Å². The molecule has 0 aliphatic rings. The van der Waals surface area contributed by atoms with Gasteiger partial charge in [-0.1, -0.05) is 40.5 Å². The number of halogens is 2. The summed E-state index contributed by atoms with van der Waals surface area (Å²) in [7, 11) is 0. The number of nitro groups is 1. The third kappa shape index (κ3) is 3.48. The van der Waals surface area contributed by atoms with E-state index in [1.54, 1.807) is 16.7 Å². The van der Waals surface area contributed by atoms with E-state index in [4.69, 9.17) is 29.6 Å². The Bertz CT molecular complexity index is 1160. The predicted octanol–water partition coefficient (Wildman–Crippen LogP) is 4.29. The van der Waals surface area contributed by atoms with Crippen LogP contribution in [0, 0.1) is 22.5 Å². The molecule has 1 amide bonds. The Balaban J connectivity index is 2.20. The fourth-order valence-corrected chi connectivity index (χ4v) is 3.69. The van der Waals surface area contributed by atoms with E-state index >= 15 is 0 Å². The van der Waals surface area contributed by atoms with Gasteiger partial charge < -0.3 is 4.57 Å². The number of carbonyl (C=O) groups excluding carboxylic acids is 1. The molecule has 6 nitrogen and oxygen atoms in total. The van der Waals surface area contributed by atoms with Gasteiger partial charge in [0.1, 0.15) is 0 Å². The number of aromatic nitrogens is 1. The number of carbonyl (C=O) groups is 1. The third-order valence-electron chi connectivity index (χ3n) is 3.48. The van der Waals surface area contributed by atoms with Gasteiger partial charge in [0.15, 0.2) is 4.80 Å². The molecule has 0 atom stereocenters. The molecule has 0 saturated heterocycles. The van der Waals surface area contributed by atoms with Crippen LogP contribution in [-0.4, -0.2) is 15.4 Å². The van der Waals surface area contributed by atoms with Crippen molar-refractivity contribution in [3.63, 3.8) is 0 Å². The lowest BCUT2D eigenvalue weighted by Crippen LogP contribution is -2.16. The molecule has 0 fully saturated rings. The minimum absolute atomic E-state index is 0.0724. The minimum atomic E-state index is -0.579. The van der Waals surface area contributed by atoms with E-state index in [1.165, 1.54) is 35.6 Å². The number of nitrogens with zero attached hydrogens (tertiary/aromatic N) is 3. The molecule has 0 unspecified atom stereocenters. The van der Waals surface area contributed by atoms with E-state index in [2.05, 4.69) is 10.9 Å². The highest BCUT2D eigenvalue weighted by Gasteiger charge is 2.14. The number of hydrogen-bond donors (Lipinski definition) is 0. The topological polar surface area (TPSA) is 77.5 Å². The van der Waals surface area contributed by atoms with E-state index in [1.807, 2.05) is 0 Å². The van der Waals surface area contributed by atoms with Crippen LogP contribution in [0.2, 0.25) is 10.0 Å². The fourth-order valence-electron chi connectivity index (χ4n) is 2.31. The first-order valence-corrected chi connectivity index (χ1v) is 8.73. The molecule has 0 bridgehead atoms. The molecule has 0 saturated carbocycles. The van der Waals surface area contributed by atoms with Crippen molar-refractivity contribution in [3.8, 4) is 12.3 Å². The Morgan fingerprint density at radius 2 is 2.08 bits per heavy atom. The van der Waals surface area contributed by atoms with Gasteiger partial charge in [-0.15, -0.1) is 6.42 Å². The third-order valence-corrected chi connectivity index (χ3v) is 5.11. The van der Waals surface area contributed by atoms with Crippen molar-refractivity contribution in [2.45, 2.75) is 6.54 Å². The van der Waals surface area contributed by atoms with Crippen LogP contribution in [0.3, 0.4) is 0 Å². The number of non-ortho nitro benzene ring substituents is 1. The Kier molecular flexibility index (Phi) is 5.09. The lowest BCUT2D eigenvalue weighted by Gasteiger charge is -2.01. The van der Waals surface area contributed by atoms with Gasteiger partial charge in [0.25, 0.3) is 11.6 Å². The molecule has 0 radical (unpaired) electrons. The number of nitro benzene ring substituents is 1. The number of rotatable bonds is 3. The first kappa shape index (κ1) is 18.1. The second-order valence-electron chi connectivity index (χ2n) is 5.13. The van der Waals surface area contributed by atoms with Crippen molar-refractivity contribution in [2.75, 3.05) is 0 Å². The number of hydrogen-bond acceptors (Lipinski definition) is 4. The van der Waals surface area contributed by atoms with E-state index in [-0.39, 0.29) is 22.8 Å². The Labute approximate surface area is 161 Å². The van der Waals surface area contributed by atoms with Crippen LogP contribution in [0.4, 0.5) is 5.69 Å². The zero-order valence-corrected chi connectivity index (χ0v) is 15.3. The quantitative estimate of drug-likeness (QED) is 0.370. The maximum absolute atomic E-state index is 12.5. The minimum Gasteiger partial charge on any atom is -0.304 e. The van der Waals surface area contributed by atoms with Crippen molar-refractivity contribution in [1.29, 1.82) is 0 Å². The van der Waals surface area contributed by atoms with Gasteiger partial charge in [0.05, 0.1) is 32.3 Å². The number of fused-ring (bicyclic) bond motifs is 1. The largest absolute Gasteiger partial charge is 0.304 e. The second kappa shape index (κ2) is 7.30. The highest BCUT2D eigenvalue weighted by atomic mass is 35.5. The van der Waals surface area contributed by atoms with Crippen LogP contribution >= 0.6 is 34.5 Å². The number of thiazole rings is 1. The van der Waals surface area contributed by atoms with Gasteiger partial charge in [-0.2, -0.15) is 4.99 Å². The molecule has 3 aromatic rings. The van der Waals surface area contributed by atoms with Gasteiger partial charge in [0.2, 0.25) is 0 Å². The summed E-state index contributed by atoms with van der Waals surface area (Å²) in [4.78, 5) is 27.4. The second-order valence-corrected chi connectivity index (χ2v) is 6.98. The summed E-state index contributed by atoms with van der Waals surface area (Å²) >= 11 is 13.2. The van der Waals surface area contributed by atoms with Crippen LogP contribution in [0.15, 0.2) is 41.4 Å². The first-order chi connectivity index (χ1) is 12.4. The molecule has 9 heteroatoms. The molecular weight excluding hydrogens is 397 g/mol. The molecule has 3 rings (SSSR count). The normalized spacial score (nSPS) is 11.5. The average Bonchev–Trinajstić information content (AvgIpc) is 2.94. The van der Waals surface area contributed by atoms with Crippen LogP contribution in [-0.2, 0) is 6.54 Å². The fraction of sp³-hybridized carbons (Fsp3) is 0.0588. The highest BCUT2D eigenvalue weighted by molar-refractivity contribution is 7.16. The van der Waals surface area contributed by atoms with Crippen molar-refractivity contribution in [3.05, 3.63) is 66.9 Å². The van der Waals surface area contributed by atoms with Crippen LogP contribution in [0.5, 0.6) is 0 Å². The maximum Gasteiger partial charge on any atom is 0.281 e. The van der Waals surface area contributed by atoms with E-state index in [0.29, 0.717) is 15.3 Å². The van der Waals surface area contributed by atoms with Crippen molar-refractivity contribution >= 4 is 56.3 Å². The number of terminal acetylenes is 1. The summed E-state index contributed by atoms with van der Waals surface area (Å²) < 4.78 is 2.29. The summed E-state index contributed by atoms with van der Waals surface area (Å²) in [5, 5.41) is 11.6. The summed E-state index contributed by atoms with van der Waals surface area (Å²) in [6.07, 6.45) is 5.40. The molecule has 0 aliphatic heterocycles. The van der Waals surface area contributed by atoms with Crippen molar-refractivity contribution < 1.29 is 9.72 Å². The van der Waals surface area contributed by atoms with Crippen molar-refractivity contribution in [1.82, 2.24) is 4.57 Å². The smallest absolute Gasteiger partial charge is 0.281 e. The lowest BCUT2D eigenvalue weighted by atomic mass is 10.2. The zero-order valence-electron chi connectivity index (χ0n) is 13.0. The van der Waals surface area contributed by atoms with Crippen LogP contribution in [0.25, 0.3) is 10.2 Å². The van der Waals surface area contributed by atoms with E-state index < -0.39 is 10.8 Å². The van der Waals surface area contributed by atoms with E-state index in [0.717, 1.165) is 4.70 Å². The molecule has 1 aromatic heterocycles. The zero-order chi connectivity index (χ0) is 18.8. The monoisotopic (exact) mass is 405 g/mol. The molecule has 0 N–H and O–H groups in total. The molecule has 0 spiro atoms. The van der Waals surface area contributed by atoms with Gasteiger partial charge in [0, 0.05) is 17.2 Å². The van der Waals surface area contributed by atoms with Gasteiger partial charge >= 0.3 is 0 Å². The van der Waals surface area contributed by atoms with Gasteiger partial charge in [-0.3, -0.25) is 14.9 Å². The molecule has 2 aromatic carbocycles. The Morgan fingerprint density at radius 1 is 1.31 bits per heavy atom. The average molecular weight is 406 g/mol. The first-order valence-electron chi connectivity index (χ1n) is 7.16. The summed E-state index contributed by atoms with van der Waals surface area (Å²) in [5.41, 5.74) is 0.623. The number of benzene rings is 2. The summed E-state index contributed by atoms with van der Waals surface area (Å²) in [6.45, 7) is 0.108. The Hall–Kier alpha value is -2.66. The summed E-state index contributed by atoms with van der Waals surface area (Å²) in [6, 6.07) is 8.89. The van der Waals surface area contributed by atoms with Crippen molar-refractivity contribution in [2.24, 2.45) is 4.99 Å². The SMILES string of the molecule is C#CCn1c(=NC(=O)c2cc(Cl)ccc2Cl)sc2ccc([N+](=O)[O-])cc21. The Morgan fingerprint density at radius 3 is 2.77 bits per heavy atom. The maximum atomic E-state index is 12.5. The summed E-state index contributed by atoms with van der Waals surface area (Å²) in [5.74, 6) is 1.89. The highest BCUT2D eigenvalue weighted by Crippen LogP contribution is 2.24. The molecule has 0 aliphatic carbocycles. The standard InChI is InChI=1S/C17H9Cl2N3O3S/c1-2-7-21-14-9-11(22(24)25)4-6-15(14)26-17(21)20-16(23)12-8-10(18)3-5-13(12)19/h1,3-6,8-9H,7H2. The van der Waals surface area contributed by atoms with E-state index in [9.17, 15) is 14.9 Å². The molecular formula is C17H9Cl2N3O3S.